The van der Waals surface area contributed by atoms with Crippen molar-refractivity contribution < 1.29 is 10.2 Å². The Hall–Kier alpha value is -3.78. The molecule has 2 aliphatic carbocycles. The van der Waals surface area contributed by atoms with E-state index in [0.717, 1.165) is 24.0 Å². The average molecular weight is 417 g/mol. The molecule has 156 valence electrons. The third-order valence-electron chi connectivity index (χ3n) is 7.00. The summed E-state index contributed by atoms with van der Waals surface area (Å²) in [5.41, 5.74) is 11.2. The Kier molecular flexibility index (Phi) is 4.22. The molecule has 0 amide bonds. The third-order valence-corrected chi connectivity index (χ3v) is 7.00. The number of aromatic hydroxyl groups is 2. The molecule has 6 rings (SSSR count). The number of rotatable bonds is 1. The van der Waals surface area contributed by atoms with Crippen LogP contribution >= 0.6 is 0 Å². The number of aryl methyl sites for hydroxylation is 1. The van der Waals surface area contributed by atoms with Crippen molar-refractivity contribution in [3.63, 3.8) is 0 Å². The van der Waals surface area contributed by atoms with Gasteiger partial charge >= 0.3 is 0 Å². The lowest BCUT2D eigenvalue weighted by molar-refractivity contribution is 0.468. The van der Waals surface area contributed by atoms with Crippen LogP contribution < -0.4 is 0 Å². The monoisotopic (exact) mass is 416 g/mol. The largest absolute Gasteiger partial charge is 0.507 e. The molecule has 2 heteroatoms. The first-order valence-corrected chi connectivity index (χ1v) is 11.2. The van der Waals surface area contributed by atoms with Crippen molar-refractivity contribution in [2.75, 3.05) is 0 Å². The van der Waals surface area contributed by atoms with Gasteiger partial charge in [0, 0.05) is 11.1 Å². The highest BCUT2D eigenvalue weighted by molar-refractivity contribution is 6.12. The second-order valence-electron chi connectivity index (χ2n) is 8.83. The molecule has 1 atom stereocenters. The van der Waals surface area contributed by atoms with Crippen LogP contribution in [0.3, 0.4) is 0 Å². The molecule has 4 aromatic carbocycles. The van der Waals surface area contributed by atoms with Gasteiger partial charge in [-0.15, -0.1) is 0 Å². The maximum atomic E-state index is 11.0. The summed E-state index contributed by atoms with van der Waals surface area (Å²) < 4.78 is 0. The number of allylic oxidation sites excluding steroid dienone is 1. The van der Waals surface area contributed by atoms with E-state index in [1.165, 1.54) is 39.0 Å². The van der Waals surface area contributed by atoms with E-state index in [2.05, 4.69) is 55.5 Å². The SMILES string of the molecule is C[C@@H]1CCc2ccc(O)c(-c3ccccc3O)c2C1=C1c2ccccc2-c2ccccc21. The molecule has 0 spiro atoms. The Morgan fingerprint density at radius 1 is 0.594 bits per heavy atom. The first kappa shape index (κ1) is 18.9. The van der Waals surface area contributed by atoms with E-state index < -0.39 is 0 Å². The van der Waals surface area contributed by atoms with Crippen LogP contribution in [0.5, 0.6) is 11.5 Å². The predicted molar refractivity (Wildman–Crippen MR) is 130 cm³/mol. The van der Waals surface area contributed by atoms with E-state index in [0.29, 0.717) is 11.5 Å². The average Bonchev–Trinajstić information content (AvgIpc) is 3.14. The second-order valence-corrected chi connectivity index (χ2v) is 8.83. The zero-order valence-electron chi connectivity index (χ0n) is 18.0. The van der Waals surface area contributed by atoms with E-state index in [1.807, 2.05) is 24.3 Å². The normalized spacial score (nSPS) is 16.5. The molecular weight excluding hydrogens is 392 g/mol. The van der Waals surface area contributed by atoms with Crippen LogP contribution in [0.4, 0.5) is 0 Å². The summed E-state index contributed by atoms with van der Waals surface area (Å²) in [6.45, 7) is 2.29. The lowest BCUT2D eigenvalue weighted by Gasteiger charge is -2.30. The van der Waals surface area contributed by atoms with Crippen molar-refractivity contribution >= 4 is 11.1 Å². The van der Waals surface area contributed by atoms with Crippen molar-refractivity contribution in [2.45, 2.75) is 19.8 Å². The van der Waals surface area contributed by atoms with Crippen LogP contribution in [0.2, 0.25) is 0 Å². The molecule has 0 heterocycles. The van der Waals surface area contributed by atoms with Gasteiger partial charge in [0.2, 0.25) is 0 Å². The molecule has 0 saturated carbocycles. The Morgan fingerprint density at radius 3 is 1.78 bits per heavy atom. The zero-order chi connectivity index (χ0) is 21.8. The van der Waals surface area contributed by atoms with Crippen LogP contribution in [0.1, 0.15) is 35.6 Å². The Balaban J connectivity index is 1.77. The summed E-state index contributed by atoms with van der Waals surface area (Å²) in [7, 11) is 0. The quantitative estimate of drug-likeness (QED) is 0.301. The number of phenolic OH excluding ortho intramolecular Hbond substituents is 2. The van der Waals surface area contributed by atoms with Gasteiger partial charge in [-0.1, -0.05) is 79.7 Å². The highest BCUT2D eigenvalue weighted by atomic mass is 16.3. The van der Waals surface area contributed by atoms with Crippen LogP contribution in [-0.4, -0.2) is 10.2 Å². The zero-order valence-corrected chi connectivity index (χ0v) is 18.0. The standard InChI is InChI=1S/C30H24O2/c1-18-14-15-19-16-17-26(32)30(24-12-6-7-13-25(24)31)28(19)27(18)29-22-10-4-2-8-20(22)21-9-3-5-11-23(21)29/h2-13,16-18,31-32H,14-15H2,1H3/t18-/m1/s1. The van der Waals surface area contributed by atoms with E-state index in [4.69, 9.17) is 0 Å². The van der Waals surface area contributed by atoms with Gasteiger partial charge in [0.15, 0.2) is 0 Å². The summed E-state index contributed by atoms with van der Waals surface area (Å²) in [5, 5.41) is 21.7. The van der Waals surface area contributed by atoms with E-state index in [9.17, 15) is 10.2 Å². The fourth-order valence-corrected chi connectivity index (χ4v) is 5.55. The topological polar surface area (TPSA) is 40.5 Å². The molecular formula is C30H24O2. The fraction of sp³-hybridized carbons (Fsp3) is 0.133. The minimum atomic E-state index is 0.186. The van der Waals surface area contributed by atoms with Crippen molar-refractivity contribution in [1.29, 1.82) is 0 Å². The molecule has 0 fully saturated rings. The van der Waals surface area contributed by atoms with Gasteiger partial charge < -0.3 is 10.2 Å². The number of para-hydroxylation sites is 1. The van der Waals surface area contributed by atoms with Gasteiger partial charge in [-0.3, -0.25) is 0 Å². The molecule has 32 heavy (non-hydrogen) atoms. The maximum Gasteiger partial charge on any atom is 0.124 e. The number of hydrogen-bond acceptors (Lipinski definition) is 2. The number of fused-ring (bicyclic) bond motifs is 4. The van der Waals surface area contributed by atoms with Crippen LogP contribution in [0.25, 0.3) is 33.4 Å². The van der Waals surface area contributed by atoms with Crippen LogP contribution in [0.15, 0.2) is 84.9 Å². The Bertz CT molecular complexity index is 1360. The second kappa shape index (κ2) is 7.13. The van der Waals surface area contributed by atoms with Crippen molar-refractivity contribution in [1.82, 2.24) is 0 Å². The molecule has 2 aliphatic rings. The number of phenols is 2. The van der Waals surface area contributed by atoms with Gasteiger partial charge in [-0.05, 0) is 75.4 Å². The van der Waals surface area contributed by atoms with Gasteiger partial charge in [0.1, 0.15) is 11.5 Å². The van der Waals surface area contributed by atoms with Gasteiger partial charge in [0.25, 0.3) is 0 Å². The molecule has 0 saturated heterocycles. The summed E-state index contributed by atoms with van der Waals surface area (Å²) in [4.78, 5) is 0. The maximum absolute atomic E-state index is 11.0. The van der Waals surface area contributed by atoms with Crippen molar-refractivity contribution in [3.05, 3.63) is 107 Å². The summed E-state index contributed by atoms with van der Waals surface area (Å²) in [6.07, 6.45) is 2.01. The minimum absolute atomic E-state index is 0.186. The molecule has 2 nitrogen and oxygen atoms in total. The van der Waals surface area contributed by atoms with Gasteiger partial charge in [-0.2, -0.15) is 0 Å². The summed E-state index contributed by atoms with van der Waals surface area (Å²) >= 11 is 0. The molecule has 0 unspecified atom stereocenters. The number of hydrogen-bond donors (Lipinski definition) is 2. The Labute approximate surface area is 188 Å². The molecule has 0 bridgehead atoms. The molecule has 0 aromatic heterocycles. The van der Waals surface area contributed by atoms with Crippen LogP contribution in [-0.2, 0) is 6.42 Å². The van der Waals surface area contributed by atoms with E-state index >= 15 is 0 Å². The summed E-state index contributed by atoms with van der Waals surface area (Å²) in [5.74, 6) is 0.714. The van der Waals surface area contributed by atoms with Gasteiger partial charge in [-0.25, -0.2) is 0 Å². The summed E-state index contributed by atoms with van der Waals surface area (Å²) in [6, 6.07) is 28.3. The minimum Gasteiger partial charge on any atom is -0.507 e. The third kappa shape index (κ3) is 2.66. The highest BCUT2D eigenvalue weighted by Crippen LogP contribution is 2.54. The molecule has 0 radical (unpaired) electrons. The predicted octanol–water partition coefficient (Wildman–Crippen LogP) is 7.29. The first-order valence-electron chi connectivity index (χ1n) is 11.2. The molecule has 2 N–H and O–H groups in total. The highest BCUT2D eigenvalue weighted by Gasteiger charge is 2.33. The van der Waals surface area contributed by atoms with E-state index in [1.54, 1.807) is 12.1 Å². The van der Waals surface area contributed by atoms with Crippen molar-refractivity contribution in [3.8, 4) is 33.8 Å². The van der Waals surface area contributed by atoms with E-state index in [-0.39, 0.29) is 11.5 Å². The fourth-order valence-electron chi connectivity index (χ4n) is 5.55. The lowest BCUT2D eigenvalue weighted by Crippen LogP contribution is -2.14. The molecule has 4 aromatic rings. The van der Waals surface area contributed by atoms with Crippen LogP contribution in [0, 0.1) is 5.92 Å². The van der Waals surface area contributed by atoms with Gasteiger partial charge in [0.05, 0.1) is 0 Å². The Morgan fingerprint density at radius 2 is 1.16 bits per heavy atom. The first-order chi connectivity index (χ1) is 15.6. The smallest absolute Gasteiger partial charge is 0.124 e. The number of benzene rings is 4. The van der Waals surface area contributed by atoms with Crippen molar-refractivity contribution in [2.24, 2.45) is 5.92 Å². The lowest BCUT2D eigenvalue weighted by atomic mass is 9.73. The molecule has 0 aliphatic heterocycles.